The van der Waals surface area contributed by atoms with Crippen LogP contribution in [0.5, 0.6) is 17.2 Å². The minimum Gasteiger partial charge on any atom is -0.493 e. The van der Waals surface area contributed by atoms with E-state index in [-0.39, 0.29) is 17.2 Å². The van der Waals surface area contributed by atoms with Crippen LogP contribution in [0.1, 0.15) is 18.9 Å². The van der Waals surface area contributed by atoms with Crippen molar-refractivity contribution in [3.05, 3.63) is 42.0 Å². The van der Waals surface area contributed by atoms with Gasteiger partial charge in [-0.3, -0.25) is 4.79 Å². The Morgan fingerprint density at radius 3 is 2.18 bits per heavy atom. The monoisotopic (exact) mass is 491 g/mol. The summed E-state index contributed by atoms with van der Waals surface area (Å²) in [6, 6.07) is 10.0. The molecule has 3 rings (SSSR count). The number of likely N-dealkylation sites (N-methyl/N-ethyl adjacent to an activating group) is 1. The third-order valence-corrected chi connectivity index (χ3v) is 7.79. The number of nitrogens with one attached hydrogen (secondary N) is 1. The van der Waals surface area contributed by atoms with Gasteiger partial charge in [-0.05, 0) is 48.9 Å². The van der Waals surface area contributed by atoms with Gasteiger partial charge in [0.2, 0.25) is 21.7 Å². The second-order valence-corrected chi connectivity index (χ2v) is 9.89. The van der Waals surface area contributed by atoms with Crippen LogP contribution < -0.4 is 19.5 Å². The molecular weight excluding hydrogens is 458 g/mol. The van der Waals surface area contributed by atoms with Crippen molar-refractivity contribution in [3.63, 3.8) is 0 Å². The van der Waals surface area contributed by atoms with Crippen LogP contribution in [0, 0.1) is 0 Å². The third-order valence-electron chi connectivity index (χ3n) is 5.90. The SMILES string of the molecule is CCN1CCN(S(=O)(=O)c2cccc(NC(=O)CCc3cc(OC)c(OC)c(OC)c3)c2)CC1. The van der Waals surface area contributed by atoms with Crippen LogP contribution in [0.4, 0.5) is 5.69 Å². The molecule has 1 N–H and O–H groups in total. The Labute approximate surface area is 201 Å². The number of hydrogen-bond donors (Lipinski definition) is 1. The van der Waals surface area contributed by atoms with E-state index >= 15 is 0 Å². The Morgan fingerprint density at radius 1 is 0.971 bits per heavy atom. The first-order valence-corrected chi connectivity index (χ1v) is 12.7. The highest BCUT2D eigenvalue weighted by Crippen LogP contribution is 2.38. The molecule has 0 spiro atoms. The normalized spacial score (nSPS) is 15.1. The number of carbonyl (C=O) groups excluding carboxylic acids is 1. The lowest BCUT2D eigenvalue weighted by atomic mass is 10.1. The molecular formula is C24H33N3O6S. The summed E-state index contributed by atoms with van der Waals surface area (Å²) in [5.74, 6) is 1.32. The predicted molar refractivity (Wildman–Crippen MR) is 130 cm³/mol. The maximum atomic E-state index is 13.1. The Morgan fingerprint density at radius 2 is 1.62 bits per heavy atom. The number of sulfonamides is 1. The second-order valence-electron chi connectivity index (χ2n) is 7.95. The lowest BCUT2D eigenvalue weighted by Gasteiger charge is -2.33. The quantitative estimate of drug-likeness (QED) is 0.546. The molecule has 0 aliphatic carbocycles. The van der Waals surface area contributed by atoms with Gasteiger partial charge < -0.3 is 24.4 Å². The highest BCUT2D eigenvalue weighted by molar-refractivity contribution is 7.89. The lowest BCUT2D eigenvalue weighted by molar-refractivity contribution is -0.116. The predicted octanol–water partition coefficient (Wildman–Crippen LogP) is 2.61. The molecule has 1 aliphatic heterocycles. The van der Waals surface area contributed by atoms with Crippen LogP contribution in [-0.2, 0) is 21.2 Å². The number of piperazine rings is 1. The maximum absolute atomic E-state index is 13.1. The maximum Gasteiger partial charge on any atom is 0.243 e. The van der Waals surface area contributed by atoms with Crippen molar-refractivity contribution >= 4 is 21.6 Å². The van der Waals surface area contributed by atoms with E-state index in [4.69, 9.17) is 14.2 Å². The highest BCUT2D eigenvalue weighted by atomic mass is 32.2. The molecule has 186 valence electrons. The van der Waals surface area contributed by atoms with E-state index in [1.165, 1.54) is 17.5 Å². The molecule has 0 bridgehead atoms. The number of benzene rings is 2. The van der Waals surface area contributed by atoms with Crippen LogP contribution in [0.3, 0.4) is 0 Å². The third kappa shape index (κ3) is 5.99. The summed E-state index contributed by atoms with van der Waals surface area (Å²) in [5, 5.41) is 2.81. The van der Waals surface area contributed by atoms with Crippen molar-refractivity contribution in [1.82, 2.24) is 9.21 Å². The minimum atomic E-state index is -3.61. The van der Waals surface area contributed by atoms with Crippen molar-refractivity contribution < 1.29 is 27.4 Å². The summed E-state index contributed by atoms with van der Waals surface area (Å²) < 4.78 is 43.7. The van der Waals surface area contributed by atoms with E-state index in [9.17, 15) is 13.2 Å². The zero-order valence-corrected chi connectivity index (χ0v) is 21.0. The van der Waals surface area contributed by atoms with E-state index < -0.39 is 10.0 Å². The average molecular weight is 492 g/mol. The fraction of sp³-hybridized carbons (Fsp3) is 0.458. The molecule has 10 heteroatoms. The van der Waals surface area contributed by atoms with Gasteiger partial charge in [0.15, 0.2) is 11.5 Å². The Hall–Kier alpha value is -2.82. The molecule has 0 saturated carbocycles. The zero-order chi connectivity index (χ0) is 24.7. The highest BCUT2D eigenvalue weighted by Gasteiger charge is 2.28. The van der Waals surface area contributed by atoms with Gasteiger partial charge in [-0.15, -0.1) is 0 Å². The van der Waals surface area contributed by atoms with Gasteiger partial charge in [-0.1, -0.05) is 13.0 Å². The van der Waals surface area contributed by atoms with Crippen molar-refractivity contribution in [2.75, 3.05) is 59.4 Å². The van der Waals surface area contributed by atoms with E-state index in [2.05, 4.69) is 17.1 Å². The number of carbonyl (C=O) groups is 1. The van der Waals surface area contributed by atoms with Crippen molar-refractivity contribution in [2.45, 2.75) is 24.7 Å². The van der Waals surface area contributed by atoms with Crippen LogP contribution >= 0.6 is 0 Å². The molecule has 9 nitrogen and oxygen atoms in total. The van der Waals surface area contributed by atoms with Crippen molar-refractivity contribution in [3.8, 4) is 17.2 Å². The van der Waals surface area contributed by atoms with Crippen molar-refractivity contribution in [1.29, 1.82) is 0 Å². The molecule has 0 radical (unpaired) electrons. The number of aryl methyl sites for hydroxylation is 1. The summed E-state index contributed by atoms with van der Waals surface area (Å²) in [4.78, 5) is 15.0. The molecule has 0 atom stereocenters. The van der Waals surface area contributed by atoms with E-state index in [1.807, 2.05) is 0 Å². The molecule has 1 fully saturated rings. The Kier molecular flexibility index (Phi) is 8.76. The molecule has 0 unspecified atom stereocenters. The fourth-order valence-corrected chi connectivity index (χ4v) is 5.40. The summed E-state index contributed by atoms with van der Waals surface area (Å²) in [7, 11) is 1.00. The van der Waals surface area contributed by atoms with Crippen molar-refractivity contribution in [2.24, 2.45) is 0 Å². The van der Waals surface area contributed by atoms with Crippen LogP contribution in [0.25, 0.3) is 0 Å². The van der Waals surface area contributed by atoms with E-state index in [0.29, 0.717) is 55.5 Å². The first kappa shape index (κ1) is 25.8. The smallest absolute Gasteiger partial charge is 0.243 e. The van der Waals surface area contributed by atoms with Gasteiger partial charge >= 0.3 is 0 Å². The lowest BCUT2D eigenvalue weighted by Crippen LogP contribution is -2.48. The number of anilines is 1. The molecule has 1 aliphatic rings. The van der Waals surface area contributed by atoms with Gasteiger partial charge in [0.25, 0.3) is 0 Å². The first-order valence-electron chi connectivity index (χ1n) is 11.2. The molecule has 34 heavy (non-hydrogen) atoms. The Balaban J connectivity index is 1.65. The van der Waals surface area contributed by atoms with Crippen LogP contribution in [-0.4, -0.2) is 77.6 Å². The molecule has 1 saturated heterocycles. The summed E-state index contributed by atoms with van der Waals surface area (Å²) in [5.41, 5.74) is 1.30. The standard InChI is InChI=1S/C24H33N3O6S/c1-5-26-11-13-27(14-12-26)34(29,30)20-8-6-7-19(17-20)25-23(28)10-9-18-15-21(31-2)24(33-4)22(16-18)32-3/h6-8,15-17H,5,9-14H2,1-4H3,(H,25,28). The number of nitrogens with zero attached hydrogens (tertiary/aromatic N) is 2. The second kappa shape index (κ2) is 11.5. The van der Waals surface area contributed by atoms with Gasteiger partial charge in [0.05, 0.1) is 26.2 Å². The van der Waals surface area contributed by atoms with Crippen LogP contribution in [0.15, 0.2) is 41.3 Å². The van der Waals surface area contributed by atoms with Gasteiger partial charge in [-0.2, -0.15) is 4.31 Å². The van der Waals surface area contributed by atoms with Gasteiger partial charge in [0.1, 0.15) is 0 Å². The number of hydrogen-bond acceptors (Lipinski definition) is 7. The minimum absolute atomic E-state index is 0.180. The molecule has 2 aromatic rings. The largest absolute Gasteiger partial charge is 0.493 e. The van der Waals surface area contributed by atoms with Crippen LogP contribution in [0.2, 0.25) is 0 Å². The number of methoxy groups -OCH3 is 3. The Bertz CT molecular complexity index is 1070. The topological polar surface area (TPSA) is 97.4 Å². The first-order chi connectivity index (χ1) is 16.3. The number of rotatable bonds is 10. The van der Waals surface area contributed by atoms with Gasteiger partial charge in [-0.25, -0.2) is 8.42 Å². The molecule has 1 amide bonds. The zero-order valence-electron chi connectivity index (χ0n) is 20.2. The number of ether oxygens (including phenoxy) is 3. The van der Waals surface area contributed by atoms with Gasteiger partial charge in [0, 0.05) is 38.3 Å². The fourth-order valence-electron chi connectivity index (χ4n) is 3.93. The average Bonchev–Trinajstić information content (AvgIpc) is 2.86. The summed E-state index contributed by atoms with van der Waals surface area (Å²) >= 11 is 0. The molecule has 2 aromatic carbocycles. The summed E-state index contributed by atoms with van der Waals surface area (Å²) in [6.45, 7) is 5.33. The molecule has 0 aromatic heterocycles. The molecule has 1 heterocycles. The van der Waals surface area contributed by atoms with E-state index in [1.54, 1.807) is 44.6 Å². The number of amides is 1. The summed E-state index contributed by atoms with van der Waals surface area (Å²) in [6.07, 6.45) is 0.650. The van der Waals surface area contributed by atoms with E-state index in [0.717, 1.165) is 12.1 Å².